The van der Waals surface area contributed by atoms with Gasteiger partial charge in [-0.15, -0.1) is 12.6 Å². The molecule has 0 saturated carbocycles. The summed E-state index contributed by atoms with van der Waals surface area (Å²) < 4.78 is 0. The summed E-state index contributed by atoms with van der Waals surface area (Å²) in [6, 6.07) is 4.81. The standard InChI is InChI=1S/C20H27ClN4O2S2/c1-23-7-3-8-24(11-10-23)18(28)17-4-2-9-25(17)20(27)22-13-15-6-5-14(19(26)29)12-16(15)21/h5-6,12,17H,2-4,7-11,13H2,1H3,(H,22,27)(H,26,29). The second kappa shape index (κ2) is 10.1. The van der Waals surface area contributed by atoms with Gasteiger partial charge in [-0.3, -0.25) is 4.79 Å². The fourth-order valence-corrected chi connectivity index (χ4v) is 4.65. The summed E-state index contributed by atoms with van der Waals surface area (Å²) in [5.74, 6) is 0. The number of likely N-dealkylation sites (N-methyl/N-ethyl adjacent to an activating group) is 1. The number of carbonyl (C=O) groups excluding carboxylic acids is 2. The van der Waals surface area contributed by atoms with E-state index in [0.29, 0.717) is 23.7 Å². The van der Waals surface area contributed by atoms with Crippen LogP contribution in [0.15, 0.2) is 18.2 Å². The maximum atomic E-state index is 12.8. The van der Waals surface area contributed by atoms with Crippen LogP contribution in [0.1, 0.15) is 35.2 Å². The van der Waals surface area contributed by atoms with Gasteiger partial charge in [0.25, 0.3) is 0 Å². The van der Waals surface area contributed by atoms with Crippen LogP contribution >= 0.6 is 36.4 Å². The highest BCUT2D eigenvalue weighted by Gasteiger charge is 2.34. The molecule has 1 atom stereocenters. The number of thiocarbonyl (C=S) groups is 1. The zero-order valence-corrected chi connectivity index (χ0v) is 19.0. The van der Waals surface area contributed by atoms with Crippen LogP contribution in [0.4, 0.5) is 4.79 Å². The number of nitrogens with zero attached hydrogens (tertiary/aromatic N) is 3. The van der Waals surface area contributed by atoms with Gasteiger partial charge in [0.15, 0.2) is 0 Å². The quantitative estimate of drug-likeness (QED) is 0.541. The molecule has 3 rings (SSSR count). The van der Waals surface area contributed by atoms with Gasteiger partial charge in [-0.1, -0.05) is 36.0 Å². The lowest BCUT2D eigenvalue weighted by Crippen LogP contribution is -2.50. The zero-order chi connectivity index (χ0) is 21.0. The Kier molecular flexibility index (Phi) is 7.79. The number of urea groups is 1. The minimum Gasteiger partial charge on any atom is -0.363 e. The van der Waals surface area contributed by atoms with E-state index < -0.39 is 0 Å². The number of hydrogen-bond acceptors (Lipinski definition) is 4. The van der Waals surface area contributed by atoms with Crippen molar-refractivity contribution >= 4 is 52.6 Å². The van der Waals surface area contributed by atoms with Crippen LogP contribution < -0.4 is 5.32 Å². The molecule has 2 heterocycles. The van der Waals surface area contributed by atoms with Crippen molar-refractivity contribution in [2.24, 2.45) is 0 Å². The summed E-state index contributed by atoms with van der Waals surface area (Å²) in [6.07, 6.45) is 2.93. The minimum atomic E-state index is -0.337. The molecule has 29 heavy (non-hydrogen) atoms. The van der Waals surface area contributed by atoms with Gasteiger partial charge in [0, 0.05) is 43.3 Å². The lowest BCUT2D eigenvalue weighted by molar-refractivity contribution is 0.109. The number of halogens is 1. The molecule has 0 radical (unpaired) electrons. The van der Waals surface area contributed by atoms with Gasteiger partial charge < -0.3 is 20.0 Å². The van der Waals surface area contributed by atoms with Crippen molar-refractivity contribution < 1.29 is 9.59 Å². The molecule has 0 spiro atoms. The van der Waals surface area contributed by atoms with E-state index in [1.165, 1.54) is 0 Å². The predicted octanol–water partition coefficient (Wildman–Crippen LogP) is 3.05. The Morgan fingerprint density at radius 2 is 2.00 bits per heavy atom. The first-order chi connectivity index (χ1) is 13.9. The molecule has 2 amide bonds. The monoisotopic (exact) mass is 454 g/mol. The molecule has 2 aliphatic heterocycles. The molecule has 158 valence electrons. The lowest BCUT2D eigenvalue weighted by atomic mass is 10.1. The highest BCUT2D eigenvalue weighted by Crippen LogP contribution is 2.23. The molecule has 6 nitrogen and oxygen atoms in total. The highest BCUT2D eigenvalue weighted by atomic mass is 35.5. The molecule has 1 N–H and O–H groups in total. The number of benzene rings is 1. The maximum absolute atomic E-state index is 12.8. The highest BCUT2D eigenvalue weighted by molar-refractivity contribution is 7.97. The van der Waals surface area contributed by atoms with Crippen LogP contribution in [-0.2, 0) is 6.54 Å². The van der Waals surface area contributed by atoms with Crippen molar-refractivity contribution in [1.82, 2.24) is 20.0 Å². The van der Waals surface area contributed by atoms with Crippen LogP contribution in [-0.4, -0.2) is 76.6 Å². The molecule has 2 saturated heterocycles. The van der Waals surface area contributed by atoms with Crippen LogP contribution in [0.2, 0.25) is 5.02 Å². The summed E-state index contributed by atoms with van der Waals surface area (Å²) in [5.41, 5.74) is 1.19. The Morgan fingerprint density at radius 3 is 2.72 bits per heavy atom. The van der Waals surface area contributed by atoms with Crippen LogP contribution in [0.5, 0.6) is 0 Å². The molecule has 1 aromatic rings. The first-order valence-corrected chi connectivity index (χ1v) is 11.1. The average molecular weight is 455 g/mol. The zero-order valence-electron chi connectivity index (χ0n) is 16.6. The van der Waals surface area contributed by atoms with Crippen LogP contribution in [0.25, 0.3) is 0 Å². The summed E-state index contributed by atoms with van der Waals surface area (Å²) in [4.78, 5) is 31.5. The molecule has 0 aliphatic carbocycles. The topological polar surface area (TPSA) is 55.9 Å². The Hall–Kier alpha value is -1.35. The fraction of sp³-hybridized carbons (Fsp3) is 0.550. The van der Waals surface area contributed by atoms with Gasteiger partial charge in [0.1, 0.15) is 4.99 Å². The van der Waals surface area contributed by atoms with E-state index in [0.717, 1.165) is 56.0 Å². The smallest absolute Gasteiger partial charge is 0.318 e. The number of likely N-dealkylation sites (tertiary alicyclic amines) is 1. The molecule has 9 heteroatoms. The Morgan fingerprint density at radius 1 is 1.21 bits per heavy atom. The van der Waals surface area contributed by atoms with E-state index >= 15 is 0 Å². The fourth-order valence-electron chi connectivity index (χ4n) is 3.84. The maximum Gasteiger partial charge on any atom is 0.318 e. The summed E-state index contributed by atoms with van der Waals surface area (Å²) in [7, 11) is 2.13. The third kappa shape index (κ3) is 5.63. The van der Waals surface area contributed by atoms with Gasteiger partial charge in [-0.2, -0.15) is 0 Å². The molecular formula is C20H27ClN4O2S2. The van der Waals surface area contributed by atoms with E-state index in [4.69, 9.17) is 23.8 Å². The van der Waals surface area contributed by atoms with Crippen molar-refractivity contribution in [2.45, 2.75) is 31.8 Å². The second-order valence-corrected chi connectivity index (χ2v) is 8.84. The lowest BCUT2D eigenvalue weighted by Gasteiger charge is -2.32. The molecule has 2 fully saturated rings. The molecule has 1 aromatic carbocycles. The Labute approximate surface area is 187 Å². The second-order valence-electron chi connectivity index (χ2n) is 7.60. The number of hydrogen-bond donors (Lipinski definition) is 2. The first kappa shape index (κ1) is 22.3. The SMILES string of the molecule is CN1CCCN(C(=S)C2CCCN2C(=O)NCc2ccc(C(=O)S)cc2Cl)CC1. The number of rotatable bonds is 4. The normalized spacial score (nSPS) is 20.4. The Bertz CT molecular complexity index is 792. The number of nitrogens with one attached hydrogen (secondary N) is 1. The molecule has 1 unspecified atom stereocenters. The van der Waals surface area contributed by atoms with E-state index in [1.54, 1.807) is 18.2 Å². The average Bonchev–Trinajstić information content (AvgIpc) is 3.08. The van der Waals surface area contributed by atoms with Gasteiger partial charge in [0.05, 0.1) is 6.04 Å². The van der Waals surface area contributed by atoms with Crippen LogP contribution in [0, 0.1) is 0 Å². The molecular weight excluding hydrogens is 428 g/mol. The van der Waals surface area contributed by atoms with E-state index in [9.17, 15) is 9.59 Å². The Balaban J connectivity index is 1.60. The van der Waals surface area contributed by atoms with Crippen LogP contribution in [0.3, 0.4) is 0 Å². The van der Waals surface area contributed by atoms with Crippen molar-refractivity contribution in [3.63, 3.8) is 0 Å². The van der Waals surface area contributed by atoms with E-state index in [1.807, 2.05) is 4.90 Å². The summed E-state index contributed by atoms with van der Waals surface area (Å²) in [5, 5.41) is 3.05. The third-order valence-electron chi connectivity index (χ3n) is 5.56. The molecule has 0 bridgehead atoms. The minimum absolute atomic E-state index is 0.0342. The predicted molar refractivity (Wildman–Crippen MR) is 123 cm³/mol. The first-order valence-electron chi connectivity index (χ1n) is 9.90. The van der Waals surface area contributed by atoms with E-state index in [2.05, 4.69) is 34.8 Å². The number of thiol groups is 1. The molecule has 2 aliphatic rings. The van der Waals surface area contributed by atoms with Crippen molar-refractivity contribution in [1.29, 1.82) is 0 Å². The molecule has 0 aromatic heterocycles. The summed E-state index contributed by atoms with van der Waals surface area (Å²) >= 11 is 15.8. The van der Waals surface area contributed by atoms with Crippen molar-refractivity contribution in [3.8, 4) is 0 Å². The van der Waals surface area contributed by atoms with Crippen molar-refractivity contribution in [3.05, 3.63) is 34.3 Å². The van der Waals surface area contributed by atoms with E-state index in [-0.39, 0.29) is 17.2 Å². The summed E-state index contributed by atoms with van der Waals surface area (Å²) in [6.45, 7) is 4.91. The van der Waals surface area contributed by atoms with Gasteiger partial charge in [-0.05, 0) is 44.5 Å². The van der Waals surface area contributed by atoms with Gasteiger partial charge in [0.2, 0.25) is 5.12 Å². The van der Waals surface area contributed by atoms with Crippen molar-refractivity contribution in [2.75, 3.05) is 39.8 Å². The van der Waals surface area contributed by atoms with Gasteiger partial charge >= 0.3 is 6.03 Å². The number of amides is 2. The third-order valence-corrected chi connectivity index (χ3v) is 6.70. The number of carbonyl (C=O) groups is 2. The van der Waals surface area contributed by atoms with Gasteiger partial charge in [-0.25, -0.2) is 4.79 Å². The largest absolute Gasteiger partial charge is 0.363 e.